The molecule has 0 amide bonds. The molecule has 0 saturated heterocycles. The molecule has 2 aliphatic heterocycles. The van der Waals surface area contributed by atoms with Gasteiger partial charge in [0.25, 0.3) is 0 Å². The predicted molar refractivity (Wildman–Crippen MR) is 232 cm³/mol. The van der Waals surface area contributed by atoms with Gasteiger partial charge in [0.2, 0.25) is 0 Å². The fourth-order valence-electron chi connectivity index (χ4n) is 8.85. The van der Waals surface area contributed by atoms with Crippen LogP contribution in [0.3, 0.4) is 0 Å². The molecule has 1 aliphatic carbocycles. The normalized spacial score (nSPS) is 15.2. The summed E-state index contributed by atoms with van der Waals surface area (Å²) < 4.78 is 0. The number of nitrogens with two attached hydrogens (primary N) is 1. The number of para-hydroxylation sites is 3. The van der Waals surface area contributed by atoms with Crippen LogP contribution in [0.5, 0.6) is 0 Å². The van der Waals surface area contributed by atoms with Crippen LogP contribution in [-0.2, 0) is 12.0 Å². The Hall–Kier alpha value is -7.17. The number of rotatable bonds is 7. The van der Waals surface area contributed by atoms with Crippen molar-refractivity contribution < 1.29 is 0 Å². The first kappa shape index (κ1) is 33.4. The second kappa shape index (κ2) is 13.9. The average Bonchev–Trinajstić information content (AvgIpc) is 3.56. The van der Waals surface area contributed by atoms with Gasteiger partial charge < -0.3 is 16.0 Å². The van der Waals surface area contributed by atoms with E-state index in [1.165, 1.54) is 44.9 Å². The number of allylic oxidation sites excluding steroid dienone is 3. The van der Waals surface area contributed by atoms with Crippen molar-refractivity contribution in [2.45, 2.75) is 12.0 Å². The van der Waals surface area contributed by atoms with E-state index < -0.39 is 5.41 Å². The summed E-state index contributed by atoms with van der Waals surface area (Å²) in [5, 5.41) is 3.79. The van der Waals surface area contributed by atoms with Crippen molar-refractivity contribution in [1.82, 2.24) is 5.32 Å². The number of nitrogens with one attached hydrogen (secondary N) is 1. The topological polar surface area (TPSA) is 53.6 Å². The molecule has 7 aromatic carbocycles. The quantitative estimate of drug-likeness (QED) is 0.161. The van der Waals surface area contributed by atoms with Crippen molar-refractivity contribution in [2.75, 3.05) is 11.4 Å². The smallest absolute Gasteiger partial charge is 0.0769 e. The van der Waals surface area contributed by atoms with E-state index in [9.17, 15) is 0 Å². The molecule has 268 valence electrons. The average molecular weight is 721 g/mol. The van der Waals surface area contributed by atoms with Gasteiger partial charge in [-0.3, -0.25) is 4.99 Å². The molecule has 7 aromatic rings. The molecular formula is C52H40N4. The number of hydrogen-bond acceptors (Lipinski definition) is 4. The van der Waals surface area contributed by atoms with E-state index in [2.05, 4.69) is 168 Å². The minimum absolute atomic E-state index is 0.528. The van der Waals surface area contributed by atoms with Gasteiger partial charge in [0, 0.05) is 29.2 Å². The van der Waals surface area contributed by atoms with Crippen LogP contribution in [0.2, 0.25) is 0 Å². The third kappa shape index (κ3) is 5.49. The van der Waals surface area contributed by atoms with E-state index in [-0.39, 0.29) is 0 Å². The van der Waals surface area contributed by atoms with Crippen molar-refractivity contribution in [3.8, 4) is 11.1 Å². The van der Waals surface area contributed by atoms with Crippen molar-refractivity contribution in [3.63, 3.8) is 0 Å². The van der Waals surface area contributed by atoms with Gasteiger partial charge in [0.1, 0.15) is 0 Å². The first-order chi connectivity index (χ1) is 27.7. The number of anilines is 3. The number of dihydropyridines is 1. The first-order valence-corrected chi connectivity index (χ1v) is 19.3. The van der Waals surface area contributed by atoms with Gasteiger partial charge in [0.15, 0.2) is 0 Å². The predicted octanol–water partition coefficient (Wildman–Crippen LogP) is 11.3. The standard InChI is InChI=1S/C52H40N4/c53-47(34-48(37-18-6-2-7-19-37)55-35-36-16-4-1-5-17-36)40-21-14-20-38(32-40)39-29-30-42-46(33-39)52(45-26-15-31-54-51(42)45)43-24-10-12-27-49(43)56(41-22-8-3-9-23-41)50-28-13-11-25-44(50)52/h1-30,32-34,54H,31,35,53H2/b47-34-,55-48?. The molecule has 0 radical (unpaired) electrons. The van der Waals surface area contributed by atoms with Gasteiger partial charge in [-0.15, -0.1) is 0 Å². The van der Waals surface area contributed by atoms with E-state index in [0.29, 0.717) is 12.2 Å². The maximum atomic E-state index is 6.95. The largest absolute Gasteiger partial charge is 0.398 e. The van der Waals surface area contributed by atoms with E-state index in [1.807, 2.05) is 42.5 Å². The number of nitrogens with zero attached hydrogens (tertiary/aromatic N) is 2. The van der Waals surface area contributed by atoms with E-state index >= 15 is 0 Å². The molecule has 0 aromatic heterocycles. The van der Waals surface area contributed by atoms with Gasteiger partial charge in [-0.1, -0.05) is 158 Å². The number of fused-ring (bicyclic) bond motifs is 8. The molecule has 0 fully saturated rings. The molecule has 10 rings (SSSR count). The summed E-state index contributed by atoms with van der Waals surface area (Å²) >= 11 is 0. The monoisotopic (exact) mass is 720 g/mol. The molecule has 4 nitrogen and oxygen atoms in total. The van der Waals surface area contributed by atoms with Crippen molar-refractivity contribution >= 4 is 34.2 Å². The Morgan fingerprint density at radius 2 is 1.25 bits per heavy atom. The Labute approximate surface area is 328 Å². The van der Waals surface area contributed by atoms with Crippen molar-refractivity contribution in [2.24, 2.45) is 10.7 Å². The molecule has 3 N–H and O–H groups in total. The van der Waals surface area contributed by atoms with Crippen LogP contribution in [0.1, 0.15) is 38.9 Å². The lowest BCUT2D eigenvalue weighted by atomic mass is 9.63. The fourth-order valence-corrected chi connectivity index (χ4v) is 8.85. The Balaban J connectivity index is 1.11. The molecule has 0 atom stereocenters. The highest BCUT2D eigenvalue weighted by atomic mass is 15.2. The Morgan fingerprint density at radius 3 is 1.98 bits per heavy atom. The second-order valence-corrected chi connectivity index (χ2v) is 14.5. The van der Waals surface area contributed by atoms with Crippen LogP contribution >= 0.6 is 0 Å². The molecule has 2 heterocycles. The van der Waals surface area contributed by atoms with Gasteiger partial charge >= 0.3 is 0 Å². The van der Waals surface area contributed by atoms with Gasteiger partial charge in [-0.05, 0) is 92.6 Å². The Bertz CT molecular complexity index is 2680. The number of hydrogen-bond donors (Lipinski definition) is 2. The third-order valence-corrected chi connectivity index (χ3v) is 11.3. The molecule has 3 aliphatic rings. The second-order valence-electron chi connectivity index (χ2n) is 14.5. The zero-order chi connectivity index (χ0) is 37.5. The van der Waals surface area contributed by atoms with E-state index in [0.717, 1.165) is 45.8 Å². The van der Waals surface area contributed by atoms with Crippen LogP contribution in [-0.4, -0.2) is 12.3 Å². The first-order valence-electron chi connectivity index (χ1n) is 19.3. The molecule has 0 bridgehead atoms. The Kier molecular flexibility index (Phi) is 8.30. The Morgan fingerprint density at radius 1 is 0.625 bits per heavy atom. The SMILES string of the molecule is N/C(=C\C(=NCc1ccccc1)c1ccccc1)c1cccc(-c2ccc3c(c2)C2(C4=C3NCC=C4)c3ccccc3N(c3ccccc3)c3ccccc32)c1. The summed E-state index contributed by atoms with van der Waals surface area (Å²) in [5.41, 5.74) is 24.4. The summed E-state index contributed by atoms with van der Waals surface area (Å²) in [6, 6.07) is 64.8. The summed E-state index contributed by atoms with van der Waals surface area (Å²) in [7, 11) is 0. The summed E-state index contributed by atoms with van der Waals surface area (Å²) in [6.07, 6.45) is 6.63. The highest BCUT2D eigenvalue weighted by Gasteiger charge is 2.52. The summed E-state index contributed by atoms with van der Waals surface area (Å²) in [5.74, 6) is 0. The van der Waals surface area contributed by atoms with Crippen LogP contribution in [0.4, 0.5) is 17.1 Å². The van der Waals surface area contributed by atoms with Crippen molar-refractivity contribution in [3.05, 3.63) is 245 Å². The van der Waals surface area contributed by atoms with Crippen LogP contribution in [0.15, 0.2) is 211 Å². The number of benzene rings is 7. The van der Waals surface area contributed by atoms with Crippen LogP contribution in [0, 0.1) is 0 Å². The maximum absolute atomic E-state index is 6.95. The molecule has 56 heavy (non-hydrogen) atoms. The van der Waals surface area contributed by atoms with E-state index in [1.54, 1.807) is 0 Å². The maximum Gasteiger partial charge on any atom is 0.0769 e. The zero-order valence-corrected chi connectivity index (χ0v) is 30.9. The van der Waals surface area contributed by atoms with Gasteiger partial charge in [0.05, 0.1) is 29.0 Å². The lowest BCUT2D eigenvalue weighted by Crippen LogP contribution is -2.37. The molecular weight excluding hydrogens is 681 g/mol. The molecule has 0 unspecified atom stereocenters. The van der Waals surface area contributed by atoms with Gasteiger partial charge in [-0.25, -0.2) is 0 Å². The van der Waals surface area contributed by atoms with Crippen LogP contribution < -0.4 is 16.0 Å². The summed E-state index contributed by atoms with van der Waals surface area (Å²) in [4.78, 5) is 7.46. The minimum atomic E-state index is -0.528. The molecule has 0 saturated carbocycles. The highest BCUT2D eigenvalue weighted by Crippen LogP contribution is 2.63. The number of aliphatic imine (C=N–C) groups is 1. The third-order valence-electron chi connectivity index (χ3n) is 11.3. The van der Waals surface area contributed by atoms with Gasteiger partial charge in [-0.2, -0.15) is 0 Å². The molecule has 4 heteroatoms. The lowest BCUT2D eigenvalue weighted by Gasteiger charge is -2.45. The lowest BCUT2D eigenvalue weighted by molar-refractivity contribution is 0.741. The minimum Gasteiger partial charge on any atom is -0.398 e. The van der Waals surface area contributed by atoms with E-state index in [4.69, 9.17) is 10.7 Å². The highest BCUT2D eigenvalue weighted by molar-refractivity contribution is 6.12. The van der Waals surface area contributed by atoms with Crippen molar-refractivity contribution in [1.29, 1.82) is 0 Å². The zero-order valence-electron chi connectivity index (χ0n) is 30.9. The fraction of sp³-hybridized carbons (Fsp3) is 0.0577. The molecule has 1 spiro atoms. The van der Waals surface area contributed by atoms with Crippen LogP contribution in [0.25, 0.3) is 22.5 Å². The summed E-state index contributed by atoms with van der Waals surface area (Å²) in [6.45, 7) is 1.37.